The van der Waals surface area contributed by atoms with Crippen LogP contribution in [0, 0.1) is 10.1 Å². The molecule has 1 N–H and O–H groups in total. The molecule has 1 aromatic rings. The fraction of sp³-hybridized carbons (Fsp3) is 0.500. The molecule has 1 fully saturated rings. The first-order valence-corrected chi connectivity index (χ1v) is 6.90. The van der Waals surface area contributed by atoms with Crippen LogP contribution in [0.25, 0.3) is 0 Å². The van der Waals surface area contributed by atoms with Crippen molar-refractivity contribution in [1.82, 2.24) is 14.5 Å². The summed E-state index contributed by atoms with van der Waals surface area (Å²) in [5, 5.41) is 19.5. The third-order valence-electron chi connectivity index (χ3n) is 2.88. The van der Waals surface area contributed by atoms with Crippen LogP contribution in [-0.2, 0) is 16.1 Å². The zero-order valence-electron chi connectivity index (χ0n) is 10.3. The molecule has 0 aliphatic carbocycles. The van der Waals surface area contributed by atoms with Gasteiger partial charge in [0.05, 0.1) is 5.88 Å². The van der Waals surface area contributed by atoms with E-state index in [-0.39, 0.29) is 24.7 Å². The summed E-state index contributed by atoms with van der Waals surface area (Å²) < 4.78 is 1.44. The number of hydrogen-bond acceptors (Lipinski definition) is 6. The first kappa shape index (κ1) is 14.3. The number of carbonyl (C=O) groups is 2. The van der Waals surface area contributed by atoms with Gasteiger partial charge in [-0.05, 0) is 9.91 Å². The molecule has 1 aliphatic rings. The maximum absolute atomic E-state index is 12.0. The van der Waals surface area contributed by atoms with Crippen molar-refractivity contribution in [3.8, 4) is 0 Å². The smallest absolute Gasteiger partial charge is 0.381 e. The van der Waals surface area contributed by atoms with Gasteiger partial charge in [-0.25, -0.2) is 4.79 Å². The van der Waals surface area contributed by atoms with Gasteiger partial charge in [-0.15, -0.1) is 11.8 Å². The van der Waals surface area contributed by atoms with Crippen molar-refractivity contribution in [3.63, 3.8) is 0 Å². The van der Waals surface area contributed by atoms with E-state index in [4.69, 9.17) is 5.11 Å². The molecule has 10 heteroatoms. The average Bonchev–Trinajstić information content (AvgIpc) is 3.04. The quantitative estimate of drug-likeness (QED) is 0.608. The second-order valence-electron chi connectivity index (χ2n) is 4.19. The van der Waals surface area contributed by atoms with Gasteiger partial charge in [0.15, 0.2) is 0 Å². The van der Waals surface area contributed by atoms with Gasteiger partial charge < -0.3 is 24.7 Å². The number of rotatable bonds is 5. The number of carboxylic acid groups (broad SMARTS) is 1. The van der Waals surface area contributed by atoms with Crippen LogP contribution >= 0.6 is 11.8 Å². The van der Waals surface area contributed by atoms with E-state index >= 15 is 0 Å². The van der Waals surface area contributed by atoms with Gasteiger partial charge in [0.1, 0.15) is 12.2 Å². The number of nitrogens with zero attached hydrogens (tertiary/aromatic N) is 4. The van der Waals surface area contributed by atoms with Gasteiger partial charge in [-0.1, -0.05) is 0 Å². The van der Waals surface area contributed by atoms with Crippen LogP contribution in [0.5, 0.6) is 0 Å². The molecule has 0 spiro atoms. The Morgan fingerprint density at radius 3 is 2.95 bits per heavy atom. The molecular weight excluding hydrogens is 288 g/mol. The Labute approximate surface area is 117 Å². The number of aliphatic carboxylic acids is 1. The molecule has 1 amide bonds. The highest BCUT2D eigenvalue weighted by molar-refractivity contribution is 7.99. The molecule has 20 heavy (non-hydrogen) atoms. The maximum Gasteiger partial charge on any atom is 0.381 e. The summed E-state index contributed by atoms with van der Waals surface area (Å²) in [5.74, 6) is -0.824. The highest BCUT2D eigenvalue weighted by atomic mass is 32.2. The van der Waals surface area contributed by atoms with Crippen molar-refractivity contribution >= 4 is 29.5 Å². The SMILES string of the molecule is O=C(O)C1CSCN1C(=O)CCn1cnc([N+](=O)[O-])c1. The summed E-state index contributed by atoms with van der Waals surface area (Å²) in [6.07, 6.45) is 2.59. The Bertz CT molecular complexity index is 546. The molecule has 0 bridgehead atoms. The molecule has 1 unspecified atom stereocenters. The van der Waals surface area contributed by atoms with Crippen LogP contribution in [0.4, 0.5) is 5.82 Å². The number of amides is 1. The Morgan fingerprint density at radius 2 is 2.35 bits per heavy atom. The molecule has 0 aromatic carbocycles. The number of aromatic nitrogens is 2. The number of thioether (sulfide) groups is 1. The van der Waals surface area contributed by atoms with Crippen molar-refractivity contribution in [2.75, 3.05) is 11.6 Å². The highest BCUT2D eigenvalue weighted by Gasteiger charge is 2.34. The van der Waals surface area contributed by atoms with E-state index in [2.05, 4.69) is 4.98 Å². The monoisotopic (exact) mass is 300 g/mol. The standard InChI is InChI=1S/C10H12N4O5S/c15-9(13-6-20-4-7(13)10(16)17)1-2-12-3-8(11-5-12)14(18)19/h3,5,7H,1-2,4,6H2,(H,16,17). The molecule has 0 saturated carbocycles. The van der Waals surface area contributed by atoms with Gasteiger partial charge >= 0.3 is 11.8 Å². The van der Waals surface area contributed by atoms with Crippen LogP contribution in [0.15, 0.2) is 12.5 Å². The van der Waals surface area contributed by atoms with Crippen molar-refractivity contribution in [2.24, 2.45) is 0 Å². The number of carbonyl (C=O) groups excluding carboxylic acids is 1. The summed E-state index contributed by atoms with van der Waals surface area (Å²) >= 11 is 1.39. The van der Waals surface area contributed by atoms with Crippen molar-refractivity contribution in [3.05, 3.63) is 22.6 Å². The second kappa shape index (κ2) is 5.90. The second-order valence-corrected chi connectivity index (χ2v) is 5.19. The molecule has 1 aliphatic heterocycles. The number of hydrogen-bond donors (Lipinski definition) is 1. The zero-order valence-corrected chi connectivity index (χ0v) is 11.2. The largest absolute Gasteiger partial charge is 0.480 e. The molecule has 108 valence electrons. The summed E-state index contributed by atoms with van der Waals surface area (Å²) in [5.41, 5.74) is 0. The van der Waals surface area contributed by atoms with Crippen LogP contribution in [0.1, 0.15) is 6.42 Å². The highest BCUT2D eigenvalue weighted by Crippen LogP contribution is 2.22. The average molecular weight is 300 g/mol. The minimum Gasteiger partial charge on any atom is -0.480 e. The Morgan fingerprint density at radius 1 is 1.60 bits per heavy atom. The summed E-state index contributed by atoms with van der Waals surface area (Å²) in [4.78, 5) is 37.7. The summed E-state index contributed by atoms with van der Waals surface area (Å²) in [7, 11) is 0. The zero-order chi connectivity index (χ0) is 14.7. The molecule has 1 atom stereocenters. The van der Waals surface area contributed by atoms with Gasteiger partial charge in [0.2, 0.25) is 12.2 Å². The fourth-order valence-corrected chi connectivity index (χ4v) is 3.00. The van der Waals surface area contributed by atoms with Crippen LogP contribution < -0.4 is 0 Å². The first-order valence-electron chi connectivity index (χ1n) is 5.75. The third kappa shape index (κ3) is 3.07. The van der Waals surface area contributed by atoms with E-state index in [9.17, 15) is 19.7 Å². The van der Waals surface area contributed by atoms with Crippen LogP contribution in [0.2, 0.25) is 0 Å². The molecule has 2 heterocycles. The number of imidazole rings is 1. The lowest BCUT2D eigenvalue weighted by atomic mass is 10.2. The Kier molecular flexibility index (Phi) is 4.23. The minimum atomic E-state index is -1.01. The topological polar surface area (TPSA) is 119 Å². The van der Waals surface area contributed by atoms with Gasteiger partial charge in [0.25, 0.3) is 0 Å². The lowest BCUT2D eigenvalue weighted by molar-refractivity contribution is -0.389. The molecule has 2 rings (SSSR count). The predicted molar refractivity (Wildman–Crippen MR) is 69.1 cm³/mol. The van der Waals surface area contributed by atoms with Crippen LogP contribution in [-0.4, -0.2) is 54.0 Å². The van der Waals surface area contributed by atoms with Crippen molar-refractivity contribution in [1.29, 1.82) is 0 Å². The van der Waals surface area contributed by atoms with E-state index in [0.717, 1.165) is 0 Å². The predicted octanol–water partition coefficient (Wildman–Crippen LogP) is 0.167. The molecule has 1 saturated heterocycles. The Hall–Kier alpha value is -2.10. The molecule has 9 nitrogen and oxygen atoms in total. The van der Waals surface area contributed by atoms with Crippen LogP contribution in [0.3, 0.4) is 0 Å². The number of carboxylic acids is 1. The van der Waals surface area contributed by atoms with Crippen molar-refractivity contribution < 1.29 is 19.6 Å². The van der Waals surface area contributed by atoms with E-state index in [1.807, 2.05) is 0 Å². The lowest BCUT2D eigenvalue weighted by Gasteiger charge is -2.20. The lowest BCUT2D eigenvalue weighted by Crippen LogP contribution is -2.41. The van der Waals surface area contributed by atoms with Gasteiger partial charge in [-0.3, -0.25) is 4.79 Å². The normalized spacial score (nSPS) is 18.2. The fourth-order valence-electron chi connectivity index (χ4n) is 1.83. The number of aryl methyl sites for hydroxylation is 1. The van der Waals surface area contributed by atoms with Crippen molar-refractivity contribution in [2.45, 2.75) is 19.0 Å². The maximum atomic E-state index is 12.0. The molecule has 0 radical (unpaired) electrons. The number of nitro groups is 1. The molecule has 1 aromatic heterocycles. The van der Waals surface area contributed by atoms with Gasteiger partial charge in [-0.2, -0.15) is 0 Å². The van der Waals surface area contributed by atoms with Gasteiger partial charge in [0, 0.05) is 18.7 Å². The summed E-state index contributed by atoms with van der Waals surface area (Å²) in [6.45, 7) is 0.229. The first-order chi connectivity index (χ1) is 9.49. The summed E-state index contributed by atoms with van der Waals surface area (Å²) in [6, 6.07) is -0.787. The minimum absolute atomic E-state index is 0.0812. The van der Waals surface area contributed by atoms with E-state index < -0.39 is 16.9 Å². The third-order valence-corrected chi connectivity index (χ3v) is 3.89. The molecular formula is C10H12N4O5S. The Balaban J connectivity index is 1.91. The van der Waals surface area contributed by atoms with E-state index in [1.54, 1.807) is 0 Å². The van der Waals surface area contributed by atoms with E-state index in [1.165, 1.54) is 33.8 Å². The van der Waals surface area contributed by atoms with E-state index in [0.29, 0.717) is 11.6 Å².